The summed E-state index contributed by atoms with van der Waals surface area (Å²) in [5.74, 6) is -0.283. The van der Waals surface area contributed by atoms with Gasteiger partial charge < -0.3 is 0 Å². The zero-order valence-corrected chi connectivity index (χ0v) is 11.3. The molecule has 0 aliphatic heterocycles. The second-order valence-corrected chi connectivity index (χ2v) is 4.70. The average Bonchev–Trinajstić information content (AvgIpc) is 3.19. The first kappa shape index (κ1) is 12.6. The molecule has 0 saturated carbocycles. The molecule has 0 amide bonds. The number of benzene rings is 1. The fourth-order valence-corrected chi connectivity index (χ4v) is 2.27. The van der Waals surface area contributed by atoms with E-state index in [1.807, 2.05) is 0 Å². The lowest BCUT2D eigenvalue weighted by atomic mass is 10.2. The highest BCUT2D eigenvalue weighted by molar-refractivity contribution is 5.84. The lowest BCUT2D eigenvalue weighted by Gasteiger charge is -2.03. The van der Waals surface area contributed by atoms with E-state index in [0.29, 0.717) is 22.4 Å². The van der Waals surface area contributed by atoms with Crippen LogP contribution in [0.1, 0.15) is 5.56 Å². The summed E-state index contributed by atoms with van der Waals surface area (Å²) in [6, 6.07) is 8.34. The van der Waals surface area contributed by atoms with Crippen molar-refractivity contribution in [3.63, 3.8) is 0 Å². The molecule has 7 nitrogen and oxygen atoms in total. The van der Waals surface area contributed by atoms with Crippen LogP contribution >= 0.6 is 0 Å². The molecule has 0 fully saturated rings. The Morgan fingerprint density at radius 1 is 1.14 bits per heavy atom. The first-order chi connectivity index (χ1) is 10.8. The van der Waals surface area contributed by atoms with Gasteiger partial charge in [0.05, 0.1) is 12.2 Å². The molecule has 108 valence electrons. The molecule has 0 atom stereocenters. The van der Waals surface area contributed by atoms with Crippen LogP contribution in [0.3, 0.4) is 0 Å². The van der Waals surface area contributed by atoms with E-state index in [0.717, 1.165) is 5.69 Å². The summed E-state index contributed by atoms with van der Waals surface area (Å²) < 4.78 is 15.3. The Labute approximate surface area is 123 Å². The van der Waals surface area contributed by atoms with E-state index in [1.54, 1.807) is 35.1 Å². The molecule has 0 aliphatic carbocycles. The minimum absolute atomic E-state index is 0.253. The van der Waals surface area contributed by atoms with E-state index in [2.05, 4.69) is 30.5 Å². The second-order valence-electron chi connectivity index (χ2n) is 4.70. The minimum atomic E-state index is -0.283. The van der Waals surface area contributed by atoms with Gasteiger partial charge in [0.15, 0.2) is 11.2 Å². The number of rotatable bonds is 3. The van der Waals surface area contributed by atoms with Crippen molar-refractivity contribution in [1.29, 1.82) is 0 Å². The zero-order valence-electron chi connectivity index (χ0n) is 11.3. The van der Waals surface area contributed by atoms with Gasteiger partial charge in [-0.1, -0.05) is 23.4 Å². The maximum absolute atomic E-state index is 13.8. The molecule has 0 aliphatic rings. The maximum Gasteiger partial charge on any atom is 0.182 e. The Morgan fingerprint density at radius 3 is 2.86 bits per heavy atom. The van der Waals surface area contributed by atoms with Crippen molar-refractivity contribution in [1.82, 2.24) is 35.2 Å². The van der Waals surface area contributed by atoms with Crippen LogP contribution in [-0.2, 0) is 6.54 Å². The van der Waals surface area contributed by atoms with Crippen LogP contribution in [0.25, 0.3) is 22.6 Å². The average molecular weight is 295 g/mol. The second kappa shape index (κ2) is 4.99. The number of hydrogen-bond donors (Lipinski definition) is 1. The molecule has 4 aromatic rings. The quantitative estimate of drug-likeness (QED) is 0.623. The van der Waals surface area contributed by atoms with Crippen LogP contribution in [0.4, 0.5) is 4.39 Å². The number of hydrogen-bond acceptors (Lipinski definition) is 5. The van der Waals surface area contributed by atoms with E-state index in [-0.39, 0.29) is 12.4 Å². The number of halogens is 1. The van der Waals surface area contributed by atoms with Gasteiger partial charge in [-0.2, -0.15) is 5.10 Å². The Kier molecular flexibility index (Phi) is 2.85. The number of aromatic amines is 1. The van der Waals surface area contributed by atoms with E-state index in [1.165, 1.54) is 12.4 Å². The van der Waals surface area contributed by atoms with E-state index in [9.17, 15) is 4.39 Å². The molecule has 1 N–H and O–H groups in total. The number of nitrogens with zero attached hydrogens (tertiary/aromatic N) is 6. The first-order valence-electron chi connectivity index (χ1n) is 6.60. The van der Waals surface area contributed by atoms with Crippen molar-refractivity contribution >= 4 is 11.2 Å². The summed E-state index contributed by atoms with van der Waals surface area (Å²) in [6.07, 6.45) is 3.06. The molecular weight excluding hydrogens is 285 g/mol. The number of H-pyrrole nitrogens is 1. The molecule has 0 saturated heterocycles. The topological polar surface area (TPSA) is 85.2 Å². The van der Waals surface area contributed by atoms with Crippen LogP contribution in [0.2, 0.25) is 0 Å². The van der Waals surface area contributed by atoms with Gasteiger partial charge in [-0.05, 0) is 12.1 Å². The van der Waals surface area contributed by atoms with Crippen molar-refractivity contribution in [3.05, 3.63) is 54.2 Å². The summed E-state index contributed by atoms with van der Waals surface area (Å²) in [5.41, 5.74) is 2.95. The summed E-state index contributed by atoms with van der Waals surface area (Å²) in [6.45, 7) is 0.253. The lowest BCUT2D eigenvalue weighted by Crippen LogP contribution is -2.04. The van der Waals surface area contributed by atoms with Crippen molar-refractivity contribution in [2.45, 2.75) is 6.54 Å². The van der Waals surface area contributed by atoms with E-state index >= 15 is 0 Å². The molecule has 3 aromatic heterocycles. The largest absolute Gasteiger partial charge is 0.276 e. The molecule has 8 heteroatoms. The van der Waals surface area contributed by atoms with Crippen molar-refractivity contribution in [2.24, 2.45) is 0 Å². The van der Waals surface area contributed by atoms with Gasteiger partial charge in [0, 0.05) is 11.8 Å². The summed E-state index contributed by atoms with van der Waals surface area (Å²) >= 11 is 0. The van der Waals surface area contributed by atoms with Crippen molar-refractivity contribution < 1.29 is 4.39 Å². The van der Waals surface area contributed by atoms with Crippen molar-refractivity contribution in [2.75, 3.05) is 0 Å². The molecule has 0 radical (unpaired) electrons. The summed E-state index contributed by atoms with van der Waals surface area (Å²) in [5, 5.41) is 14.9. The molecule has 3 heterocycles. The standard InChI is InChI=1S/C14H10FN7/c15-10-4-2-1-3-9(10)7-22-14-13(20-21-22)12(16-8-17-14)11-5-6-18-19-11/h1-6,8H,7H2,(H,18,19). The highest BCUT2D eigenvalue weighted by Crippen LogP contribution is 2.21. The van der Waals surface area contributed by atoms with Crippen molar-refractivity contribution in [3.8, 4) is 11.4 Å². The molecule has 0 spiro atoms. The Balaban J connectivity index is 1.81. The third-order valence-electron chi connectivity index (χ3n) is 3.33. The SMILES string of the molecule is Fc1ccccc1Cn1nnc2c(-c3ccn[nH]3)ncnc21. The Hall–Kier alpha value is -3.16. The fourth-order valence-electron chi connectivity index (χ4n) is 2.27. The highest BCUT2D eigenvalue weighted by atomic mass is 19.1. The maximum atomic E-state index is 13.8. The van der Waals surface area contributed by atoms with Crippen LogP contribution in [0.15, 0.2) is 42.9 Å². The molecule has 22 heavy (non-hydrogen) atoms. The van der Waals surface area contributed by atoms with Gasteiger partial charge in [0.1, 0.15) is 17.8 Å². The third-order valence-corrected chi connectivity index (χ3v) is 3.33. The number of fused-ring (bicyclic) bond motifs is 1. The lowest BCUT2D eigenvalue weighted by molar-refractivity contribution is 0.582. The van der Waals surface area contributed by atoms with Gasteiger partial charge in [0.2, 0.25) is 0 Å². The molecular formula is C14H10FN7. The molecule has 0 unspecified atom stereocenters. The Morgan fingerprint density at radius 2 is 2.05 bits per heavy atom. The summed E-state index contributed by atoms with van der Waals surface area (Å²) in [7, 11) is 0. The van der Waals surface area contributed by atoms with Crippen LogP contribution < -0.4 is 0 Å². The molecule has 1 aromatic carbocycles. The van der Waals surface area contributed by atoms with Gasteiger partial charge >= 0.3 is 0 Å². The van der Waals surface area contributed by atoms with Gasteiger partial charge in [-0.15, -0.1) is 5.10 Å². The van der Waals surface area contributed by atoms with Gasteiger partial charge in [-0.3, -0.25) is 5.10 Å². The molecule has 0 bridgehead atoms. The molecule has 4 rings (SSSR count). The van der Waals surface area contributed by atoms with E-state index < -0.39 is 0 Å². The number of nitrogens with one attached hydrogen (secondary N) is 1. The van der Waals surface area contributed by atoms with Gasteiger partial charge in [-0.25, -0.2) is 19.0 Å². The predicted octanol–water partition coefficient (Wildman–Crippen LogP) is 1.80. The van der Waals surface area contributed by atoms with Gasteiger partial charge in [0.25, 0.3) is 0 Å². The highest BCUT2D eigenvalue weighted by Gasteiger charge is 2.15. The third kappa shape index (κ3) is 2.01. The monoisotopic (exact) mass is 295 g/mol. The summed E-state index contributed by atoms with van der Waals surface area (Å²) in [4.78, 5) is 8.42. The van der Waals surface area contributed by atoms with Crippen LogP contribution in [0.5, 0.6) is 0 Å². The normalized spacial score (nSPS) is 11.1. The smallest absolute Gasteiger partial charge is 0.182 e. The van der Waals surface area contributed by atoms with E-state index in [4.69, 9.17) is 0 Å². The Bertz CT molecular complexity index is 929. The zero-order chi connectivity index (χ0) is 14.9. The fraction of sp³-hybridized carbons (Fsp3) is 0.0714. The number of aromatic nitrogens is 7. The first-order valence-corrected chi connectivity index (χ1v) is 6.60. The van der Waals surface area contributed by atoms with Crippen LogP contribution in [0, 0.1) is 5.82 Å². The van der Waals surface area contributed by atoms with Crippen LogP contribution in [-0.4, -0.2) is 35.2 Å². The minimum Gasteiger partial charge on any atom is -0.276 e. The predicted molar refractivity (Wildman–Crippen MR) is 76.2 cm³/mol.